The number of guanidine groups is 1. The van der Waals surface area contributed by atoms with Crippen LogP contribution in [0.1, 0.15) is 22.7 Å². The first-order valence-corrected chi connectivity index (χ1v) is 11.4. The van der Waals surface area contributed by atoms with Gasteiger partial charge in [-0.1, -0.05) is 41.9 Å². The number of rotatable bonds is 7. The van der Waals surface area contributed by atoms with Crippen molar-refractivity contribution < 1.29 is 9.47 Å². The molecule has 6 nitrogen and oxygen atoms in total. The van der Waals surface area contributed by atoms with E-state index in [0.29, 0.717) is 0 Å². The van der Waals surface area contributed by atoms with Gasteiger partial charge >= 0.3 is 0 Å². The van der Waals surface area contributed by atoms with Crippen molar-refractivity contribution in [3.63, 3.8) is 0 Å². The van der Waals surface area contributed by atoms with Crippen LogP contribution in [-0.4, -0.2) is 63.9 Å². The van der Waals surface area contributed by atoms with Crippen LogP contribution in [0.3, 0.4) is 0 Å². The largest absolute Gasteiger partial charge is 0.493 e. The second kappa shape index (κ2) is 10.8. The third-order valence-corrected chi connectivity index (χ3v) is 6.24. The molecule has 0 aliphatic carbocycles. The SMILES string of the molecule is CN=C(NCCc1ccc2c(c1)CCO2)NCC(c1ccccc1Cl)N1CCOCC1. The van der Waals surface area contributed by atoms with Crippen LogP contribution in [0.2, 0.25) is 5.02 Å². The van der Waals surface area contributed by atoms with Crippen LogP contribution < -0.4 is 15.4 Å². The number of nitrogens with zero attached hydrogens (tertiary/aromatic N) is 2. The zero-order valence-corrected chi connectivity index (χ0v) is 18.8. The van der Waals surface area contributed by atoms with E-state index in [4.69, 9.17) is 21.1 Å². The molecule has 2 aliphatic rings. The van der Waals surface area contributed by atoms with Crippen LogP contribution in [0.25, 0.3) is 0 Å². The third-order valence-electron chi connectivity index (χ3n) is 5.90. The van der Waals surface area contributed by atoms with E-state index in [2.05, 4.69) is 44.8 Å². The second-order valence-electron chi connectivity index (χ2n) is 7.86. The molecule has 0 aromatic heterocycles. The Morgan fingerprint density at radius 1 is 1.13 bits per heavy atom. The van der Waals surface area contributed by atoms with Crippen LogP contribution >= 0.6 is 11.6 Å². The molecule has 1 fully saturated rings. The van der Waals surface area contributed by atoms with Crippen molar-refractivity contribution in [2.24, 2.45) is 4.99 Å². The summed E-state index contributed by atoms with van der Waals surface area (Å²) < 4.78 is 11.1. The lowest BCUT2D eigenvalue weighted by molar-refractivity contribution is 0.0170. The van der Waals surface area contributed by atoms with Crippen molar-refractivity contribution in [1.82, 2.24) is 15.5 Å². The quantitative estimate of drug-likeness (QED) is 0.510. The molecule has 166 valence electrons. The first-order chi connectivity index (χ1) is 15.2. The van der Waals surface area contributed by atoms with Gasteiger partial charge in [-0.2, -0.15) is 0 Å². The summed E-state index contributed by atoms with van der Waals surface area (Å²) in [5.74, 6) is 1.83. The summed E-state index contributed by atoms with van der Waals surface area (Å²) in [7, 11) is 1.81. The fourth-order valence-corrected chi connectivity index (χ4v) is 4.47. The summed E-state index contributed by atoms with van der Waals surface area (Å²) in [6.45, 7) is 5.62. The van der Waals surface area contributed by atoms with Gasteiger partial charge in [-0.05, 0) is 35.2 Å². The minimum absolute atomic E-state index is 0.160. The molecule has 2 heterocycles. The number of ether oxygens (including phenoxy) is 2. The normalized spacial score (nSPS) is 17.7. The number of morpholine rings is 1. The van der Waals surface area contributed by atoms with Gasteiger partial charge in [-0.15, -0.1) is 0 Å². The van der Waals surface area contributed by atoms with E-state index < -0.39 is 0 Å². The van der Waals surface area contributed by atoms with Gasteiger partial charge in [0.05, 0.1) is 25.9 Å². The maximum atomic E-state index is 6.54. The molecule has 2 aromatic rings. The molecule has 1 unspecified atom stereocenters. The third kappa shape index (κ3) is 5.70. The summed E-state index contributed by atoms with van der Waals surface area (Å²) in [6.07, 6.45) is 1.94. The van der Waals surface area contributed by atoms with Crippen molar-refractivity contribution >= 4 is 17.6 Å². The topological polar surface area (TPSA) is 58.1 Å². The molecule has 31 heavy (non-hydrogen) atoms. The van der Waals surface area contributed by atoms with E-state index in [1.54, 1.807) is 7.05 Å². The molecule has 2 aromatic carbocycles. The first kappa shape index (κ1) is 21.9. The molecule has 2 aliphatic heterocycles. The first-order valence-electron chi connectivity index (χ1n) is 11.0. The monoisotopic (exact) mass is 442 g/mol. The van der Waals surface area contributed by atoms with E-state index in [1.165, 1.54) is 11.1 Å². The molecule has 1 atom stereocenters. The Morgan fingerprint density at radius 3 is 2.77 bits per heavy atom. The second-order valence-corrected chi connectivity index (χ2v) is 8.26. The van der Waals surface area contributed by atoms with Crippen LogP contribution in [0.5, 0.6) is 5.75 Å². The molecule has 4 rings (SSSR count). The fourth-order valence-electron chi connectivity index (χ4n) is 4.20. The number of aliphatic imine (C=N–C) groups is 1. The van der Waals surface area contributed by atoms with Gasteiger partial charge in [0, 0.05) is 44.7 Å². The number of hydrogen-bond acceptors (Lipinski definition) is 4. The molecule has 1 saturated heterocycles. The number of nitrogens with one attached hydrogen (secondary N) is 2. The fraction of sp³-hybridized carbons (Fsp3) is 0.458. The molecule has 0 amide bonds. The van der Waals surface area contributed by atoms with Crippen LogP contribution in [0.4, 0.5) is 0 Å². The van der Waals surface area contributed by atoms with Crippen molar-refractivity contribution in [2.75, 3.05) is 53.0 Å². The summed E-state index contributed by atoms with van der Waals surface area (Å²) in [5, 5.41) is 7.74. The Labute approximate surface area is 189 Å². The average molecular weight is 443 g/mol. The number of hydrogen-bond donors (Lipinski definition) is 2. The number of benzene rings is 2. The van der Waals surface area contributed by atoms with E-state index in [0.717, 1.165) is 81.1 Å². The Morgan fingerprint density at radius 2 is 1.97 bits per heavy atom. The van der Waals surface area contributed by atoms with Gasteiger partial charge in [-0.3, -0.25) is 9.89 Å². The van der Waals surface area contributed by atoms with Gasteiger partial charge in [0.1, 0.15) is 5.75 Å². The van der Waals surface area contributed by atoms with E-state index in [1.807, 2.05) is 18.2 Å². The Kier molecular flexibility index (Phi) is 7.67. The van der Waals surface area contributed by atoms with E-state index in [-0.39, 0.29) is 6.04 Å². The maximum absolute atomic E-state index is 6.54. The predicted molar refractivity (Wildman–Crippen MR) is 125 cm³/mol. The summed E-state index contributed by atoms with van der Waals surface area (Å²) in [4.78, 5) is 6.84. The zero-order valence-electron chi connectivity index (χ0n) is 18.1. The highest BCUT2D eigenvalue weighted by molar-refractivity contribution is 6.31. The van der Waals surface area contributed by atoms with Crippen molar-refractivity contribution in [3.8, 4) is 5.75 Å². The van der Waals surface area contributed by atoms with Crippen LogP contribution in [0, 0.1) is 0 Å². The smallest absolute Gasteiger partial charge is 0.191 e. The molecule has 2 N–H and O–H groups in total. The van der Waals surface area contributed by atoms with Gasteiger partial charge in [-0.25, -0.2) is 0 Å². The minimum Gasteiger partial charge on any atom is -0.493 e. The van der Waals surface area contributed by atoms with Crippen molar-refractivity contribution in [1.29, 1.82) is 0 Å². The van der Waals surface area contributed by atoms with Gasteiger partial charge in [0.15, 0.2) is 5.96 Å². The number of halogens is 1. The van der Waals surface area contributed by atoms with Crippen LogP contribution in [-0.2, 0) is 17.6 Å². The lowest BCUT2D eigenvalue weighted by Crippen LogP contribution is -2.46. The predicted octanol–water partition coefficient (Wildman–Crippen LogP) is 3.06. The van der Waals surface area contributed by atoms with Gasteiger partial charge in [0.25, 0.3) is 0 Å². The maximum Gasteiger partial charge on any atom is 0.191 e. The summed E-state index contributed by atoms with van der Waals surface area (Å²) in [6, 6.07) is 14.7. The summed E-state index contributed by atoms with van der Waals surface area (Å²) in [5.41, 5.74) is 3.76. The average Bonchev–Trinajstić information content (AvgIpc) is 3.28. The highest BCUT2D eigenvalue weighted by Gasteiger charge is 2.24. The molecular formula is C24H31ClN4O2. The minimum atomic E-state index is 0.160. The standard InChI is InChI=1S/C24H31ClN4O2/c1-26-24(27-10-8-18-6-7-23-19(16-18)9-13-31-23)28-17-22(29-11-14-30-15-12-29)20-4-2-3-5-21(20)25/h2-7,16,22H,8-15,17H2,1H3,(H2,26,27,28). The lowest BCUT2D eigenvalue weighted by atomic mass is 10.0. The van der Waals surface area contributed by atoms with Gasteiger partial charge in [0.2, 0.25) is 0 Å². The Bertz CT molecular complexity index is 899. The molecule has 0 radical (unpaired) electrons. The molecule has 0 spiro atoms. The molecule has 7 heteroatoms. The summed E-state index contributed by atoms with van der Waals surface area (Å²) >= 11 is 6.54. The van der Waals surface area contributed by atoms with Crippen LogP contribution in [0.15, 0.2) is 47.5 Å². The Hall–Kier alpha value is -2.28. The number of fused-ring (bicyclic) bond motifs is 1. The van der Waals surface area contributed by atoms with Gasteiger partial charge < -0.3 is 20.1 Å². The van der Waals surface area contributed by atoms with Crippen molar-refractivity contribution in [2.45, 2.75) is 18.9 Å². The lowest BCUT2D eigenvalue weighted by Gasteiger charge is -2.35. The molecular weight excluding hydrogens is 412 g/mol. The highest BCUT2D eigenvalue weighted by Crippen LogP contribution is 2.28. The molecule has 0 bridgehead atoms. The van der Waals surface area contributed by atoms with E-state index >= 15 is 0 Å². The van der Waals surface area contributed by atoms with Crippen molar-refractivity contribution in [3.05, 3.63) is 64.2 Å². The zero-order chi connectivity index (χ0) is 21.5. The molecule has 0 saturated carbocycles. The Balaban J connectivity index is 1.33. The van der Waals surface area contributed by atoms with E-state index in [9.17, 15) is 0 Å². The highest BCUT2D eigenvalue weighted by atomic mass is 35.5.